The predicted molar refractivity (Wildman–Crippen MR) is 114 cm³/mol. The predicted octanol–water partition coefficient (Wildman–Crippen LogP) is -1.90. The van der Waals surface area contributed by atoms with Crippen LogP contribution >= 0.6 is 0 Å². The minimum atomic E-state index is -4.40. The molecule has 0 saturated carbocycles. The van der Waals surface area contributed by atoms with Crippen molar-refractivity contribution in [2.75, 3.05) is 24.0 Å². The van der Waals surface area contributed by atoms with Gasteiger partial charge in [-0.15, -0.1) is 0 Å². The van der Waals surface area contributed by atoms with E-state index in [0.717, 1.165) is 28.4 Å². The largest absolute Gasteiger partial charge is 1.00 e. The van der Waals surface area contributed by atoms with Gasteiger partial charge in [-0.1, -0.05) is 24.3 Å². The summed E-state index contributed by atoms with van der Waals surface area (Å²) in [5.41, 5.74) is 1.26. The summed E-state index contributed by atoms with van der Waals surface area (Å²) >= 11 is 0. The van der Waals surface area contributed by atoms with Crippen LogP contribution in [-0.2, 0) is 19.7 Å². The van der Waals surface area contributed by atoms with E-state index >= 15 is 0 Å². The van der Waals surface area contributed by atoms with Gasteiger partial charge in [-0.2, -0.15) is 18.5 Å². The number of carboxylic acid groups (broad SMARTS) is 1. The van der Waals surface area contributed by atoms with Crippen molar-refractivity contribution in [2.45, 2.75) is 4.90 Å². The van der Waals surface area contributed by atoms with Crippen molar-refractivity contribution in [2.24, 2.45) is 5.10 Å². The molecule has 0 atom stereocenters. The summed E-state index contributed by atoms with van der Waals surface area (Å²) in [6, 6.07) is 12.2. The molecule has 0 aromatic heterocycles. The van der Waals surface area contributed by atoms with Crippen LogP contribution in [0.5, 0.6) is 0 Å². The standard InChI is InChI=1S/C21H19N3O6S.Na/c1-23(2)15-8-6-14(7-9-15)4-3-5-18-19(21(26)27)22-24(20(18)25)16-10-12-17(13-11-16)31(28,29)30;/h3-13H,1-2H3,(H,26,27)(H,28,29,30);/q;+1/p-1/b4-3+,18-5-;. The summed E-state index contributed by atoms with van der Waals surface area (Å²) in [6.45, 7) is 0. The quantitative estimate of drug-likeness (QED) is 0.301. The van der Waals surface area contributed by atoms with Gasteiger partial charge in [-0.05, 0) is 48.0 Å². The van der Waals surface area contributed by atoms with Crippen molar-refractivity contribution in [1.29, 1.82) is 0 Å². The molecule has 32 heavy (non-hydrogen) atoms. The molecule has 1 heterocycles. The van der Waals surface area contributed by atoms with Crippen molar-refractivity contribution in [1.82, 2.24) is 0 Å². The fourth-order valence-corrected chi connectivity index (χ4v) is 3.27. The summed E-state index contributed by atoms with van der Waals surface area (Å²) < 4.78 is 31.4. The summed E-state index contributed by atoms with van der Waals surface area (Å²) in [5.74, 6) is -2.34. The Bertz CT molecular complexity index is 1220. The molecular formula is C21H18N3NaO6S. The molecule has 2 aromatic carbocycles. The van der Waals surface area contributed by atoms with Gasteiger partial charge in [-0.25, -0.2) is 0 Å². The third-order valence-corrected chi connectivity index (χ3v) is 5.28. The van der Waals surface area contributed by atoms with Crippen LogP contribution in [0.3, 0.4) is 0 Å². The van der Waals surface area contributed by atoms with Gasteiger partial charge in [0.05, 0.1) is 22.1 Å². The fourth-order valence-electron chi connectivity index (χ4n) is 2.79. The van der Waals surface area contributed by atoms with Crippen LogP contribution in [0.1, 0.15) is 5.56 Å². The number of hydrogen-bond acceptors (Lipinski definition) is 7. The number of hydrogen-bond donors (Lipinski definition) is 1. The minimum Gasteiger partial charge on any atom is -0.543 e. The zero-order valence-electron chi connectivity index (χ0n) is 17.6. The third kappa shape index (κ3) is 5.72. The Morgan fingerprint density at radius 2 is 1.69 bits per heavy atom. The average molecular weight is 463 g/mol. The zero-order valence-corrected chi connectivity index (χ0v) is 20.4. The molecule has 0 saturated heterocycles. The molecule has 1 N–H and O–H groups in total. The molecule has 0 spiro atoms. The van der Waals surface area contributed by atoms with Crippen molar-refractivity contribution >= 4 is 45.2 Å². The molecule has 9 nitrogen and oxygen atoms in total. The second-order valence-corrected chi connectivity index (χ2v) is 8.17. The van der Waals surface area contributed by atoms with E-state index in [1.54, 1.807) is 6.08 Å². The average Bonchev–Trinajstić information content (AvgIpc) is 3.04. The first-order valence-electron chi connectivity index (χ1n) is 8.96. The van der Waals surface area contributed by atoms with Crippen LogP contribution < -0.4 is 44.6 Å². The normalized spacial score (nSPS) is 15.1. The molecule has 160 valence electrons. The van der Waals surface area contributed by atoms with Crippen molar-refractivity contribution in [3.63, 3.8) is 0 Å². The Kier molecular flexibility index (Phi) is 8.16. The molecule has 0 aliphatic carbocycles. The van der Waals surface area contributed by atoms with Crippen LogP contribution in [-0.4, -0.2) is 44.7 Å². The number of carbonyl (C=O) groups excluding carboxylic acids is 2. The fraction of sp³-hybridized carbons (Fsp3) is 0.0952. The van der Waals surface area contributed by atoms with E-state index in [9.17, 15) is 23.1 Å². The Hall–Kier alpha value is -2.76. The van der Waals surface area contributed by atoms with E-state index in [2.05, 4.69) is 5.10 Å². The number of anilines is 2. The first-order chi connectivity index (χ1) is 14.6. The molecule has 0 unspecified atom stereocenters. The zero-order chi connectivity index (χ0) is 22.8. The molecule has 2 aromatic rings. The number of carbonyl (C=O) groups is 2. The first-order valence-corrected chi connectivity index (χ1v) is 10.4. The second-order valence-electron chi connectivity index (χ2n) is 6.75. The molecule has 1 aliphatic heterocycles. The summed E-state index contributed by atoms with van der Waals surface area (Å²) in [6.07, 6.45) is 4.56. The molecule has 3 rings (SSSR count). The second kappa shape index (κ2) is 10.2. The van der Waals surface area contributed by atoms with E-state index in [1.165, 1.54) is 24.3 Å². The molecule has 1 aliphatic rings. The van der Waals surface area contributed by atoms with Gasteiger partial charge < -0.3 is 14.8 Å². The number of aliphatic carboxylic acids is 1. The Morgan fingerprint density at radius 1 is 1.09 bits per heavy atom. The number of nitrogens with zero attached hydrogens (tertiary/aromatic N) is 3. The van der Waals surface area contributed by atoms with Gasteiger partial charge in [0.15, 0.2) is 0 Å². The Labute approximate surface area is 207 Å². The van der Waals surface area contributed by atoms with Crippen molar-refractivity contribution in [3.8, 4) is 0 Å². The summed E-state index contributed by atoms with van der Waals surface area (Å²) in [5, 5.41) is 16.1. The van der Waals surface area contributed by atoms with E-state index in [0.29, 0.717) is 0 Å². The van der Waals surface area contributed by atoms with Crippen LogP contribution in [0, 0.1) is 0 Å². The third-order valence-electron chi connectivity index (χ3n) is 4.41. The van der Waals surface area contributed by atoms with Crippen LogP contribution in [0.25, 0.3) is 6.08 Å². The SMILES string of the molecule is CN(C)c1ccc(/C=C/C=C2\C(=O)N(c3ccc(S(=O)(=O)O)cc3)N=C2C(=O)[O-])cc1.[Na+]. The first kappa shape index (κ1) is 25.5. The number of benzene rings is 2. The van der Waals surface area contributed by atoms with Crippen LogP contribution in [0.15, 0.2) is 76.3 Å². The number of hydrazone groups is 1. The number of carboxylic acids is 1. The van der Waals surface area contributed by atoms with Gasteiger partial charge in [0.25, 0.3) is 16.0 Å². The topological polar surface area (TPSA) is 130 Å². The maximum absolute atomic E-state index is 12.7. The smallest absolute Gasteiger partial charge is 0.543 e. The maximum Gasteiger partial charge on any atom is 1.00 e. The van der Waals surface area contributed by atoms with Crippen LogP contribution in [0.2, 0.25) is 0 Å². The summed E-state index contributed by atoms with van der Waals surface area (Å²) in [4.78, 5) is 25.7. The number of allylic oxidation sites excluding steroid dienone is 2. The van der Waals surface area contributed by atoms with Crippen molar-refractivity contribution in [3.05, 3.63) is 71.8 Å². The Balaban J connectivity index is 0.00000363. The Morgan fingerprint density at radius 3 is 2.19 bits per heavy atom. The molecule has 1 amide bonds. The molecule has 0 radical (unpaired) electrons. The molecule has 0 fully saturated rings. The molecular weight excluding hydrogens is 445 g/mol. The molecule has 0 bridgehead atoms. The number of amides is 1. The van der Waals surface area contributed by atoms with Crippen molar-refractivity contribution < 1.29 is 57.2 Å². The van der Waals surface area contributed by atoms with E-state index in [4.69, 9.17) is 4.55 Å². The maximum atomic E-state index is 12.7. The molecule has 11 heteroatoms. The monoisotopic (exact) mass is 463 g/mol. The minimum absolute atomic E-state index is 0. The van der Waals surface area contributed by atoms with E-state index in [-0.39, 0.29) is 45.7 Å². The van der Waals surface area contributed by atoms with Crippen LogP contribution in [0.4, 0.5) is 11.4 Å². The van der Waals surface area contributed by atoms with Gasteiger partial charge in [-0.3, -0.25) is 9.35 Å². The van der Waals surface area contributed by atoms with E-state index < -0.39 is 27.7 Å². The summed E-state index contributed by atoms with van der Waals surface area (Å²) in [7, 11) is -0.563. The number of rotatable bonds is 6. The van der Waals surface area contributed by atoms with Gasteiger partial charge in [0.1, 0.15) is 5.71 Å². The van der Waals surface area contributed by atoms with Gasteiger partial charge >= 0.3 is 29.6 Å². The van der Waals surface area contributed by atoms with Gasteiger partial charge in [0, 0.05) is 19.8 Å². The van der Waals surface area contributed by atoms with Gasteiger partial charge in [0.2, 0.25) is 0 Å². The van der Waals surface area contributed by atoms with E-state index in [1.807, 2.05) is 43.3 Å².